The van der Waals surface area contributed by atoms with E-state index < -0.39 is 0 Å². The summed E-state index contributed by atoms with van der Waals surface area (Å²) >= 11 is 0. The topological polar surface area (TPSA) is 0 Å². The highest BCUT2D eigenvalue weighted by Gasteiger charge is 1.86. The van der Waals surface area contributed by atoms with Gasteiger partial charge in [0.2, 0.25) is 0 Å². The monoisotopic (exact) mass is 138 g/mol. The predicted molar refractivity (Wildman–Crippen MR) is 48.1 cm³/mol. The van der Waals surface area contributed by atoms with E-state index in [1.807, 2.05) is 0 Å². The third-order valence-corrected chi connectivity index (χ3v) is 1.41. The van der Waals surface area contributed by atoms with Gasteiger partial charge in [0.15, 0.2) is 0 Å². The number of rotatable bonds is 5. The van der Waals surface area contributed by atoms with E-state index in [-0.39, 0.29) is 0 Å². The standard InChI is InChI=1S/C10H18/c1-4-6-7-9-10(3)8-5-2/h6-7H,3-5,8-9H2,1-2H3. The average Bonchev–Trinajstić information content (AvgIpc) is 1.89. The molecule has 0 nitrogen and oxygen atoms in total. The lowest BCUT2D eigenvalue weighted by Crippen LogP contribution is -1.76. The summed E-state index contributed by atoms with van der Waals surface area (Å²) in [4.78, 5) is 0. The normalized spacial score (nSPS) is 10.6. The maximum Gasteiger partial charge on any atom is -0.0142 e. The van der Waals surface area contributed by atoms with Crippen molar-refractivity contribution in [2.75, 3.05) is 0 Å². The first-order chi connectivity index (χ1) is 4.81. The zero-order valence-electron chi connectivity index (χ0n) is 7.19. The minimum atomic E-state index is 1.07. The lowest BCUT2D eigenvalue weighted by Gasteiger charge is -1.96. The van der Waals surface area contributed by atoms with Crippen molar-refractivity contribution in [3.8, 4) is 0 Å². The largest absolute Gasteiger partial charge is 0.0995 e. The maximum atomic E-state index is 3.96. The summed E-state index contributed by atoms with van der Waals surface area (Å²) in [6, 6.07) is 0. The molecule has 0 amide bonds. The van der Waals surface area contributed by atoms with Gasteiger partial charge in [0.05, 0.1) is 0 Å². The van der Waals surface area contributed by atoms with Crippen LogP contribution in [0.1, 0.15) is 39.5 Å². The lowest BCUT2D eigenvalue weighted by molar-refractivity contribution is 0.883. The molecule has 0 radical (unpaired) electrons. The van der Waals surface area contributed by atoms with Gasteiger partial charge in [0, 0.05) is 0 Å². The number of allylic oxidation sites excluding steroid dienone is 3. The van der Waals surface area contributed by atoms with E-state index in [0.29, 0.717) is 0 Å². The highest BCUT2D eigenvalue weighted by atomic mass is 13.9. The summed E-state index contributed by atoms with van der Waals surface area (Å²) in [5, 5.41) is 0. The molecule has 0 aliphatic heterocycles. The van der Waals surface area contributed by atoms with Crippen molar-refractivity contribution in [2.45, 2.75) is 39.5 Å². The molecule has 0 fully saturated rings. The zero-order chi connectivity index (χ0) is 7.82. The molecule has 0 aliphatic rings. The summed E-state index contributed by atoms with van der Waals surface area (Å²) in [5.74, 6) is 0. The van der Waals surface area contributed by atoms with Crippen LogP contribution < -0.4 is 0 Å². The molecule has 0 aromatic rings. The summed E-state index contributed by atoms with van der Waals surface area (Å²) in [6.45, 7) is 8.31. The van der Waals surface area contributed by atoms with Crippen molar-refractivity contribution in [1.82, 2.24) is 0 Å². The summed E-state index contributed by atoms with van der Waals surface area (Å²) in [5.41, 5.74) is 1.35. The zero-order valence-corrected chi connectivity index (χ0v) is 7.19. The third kappa shape index (κ3) is 5.61. The fraction of sp³-hybridized carbons (Fsp3) is 0.600. The van der Waals surface area contributed by atoms with Gasteiger partial charge in [0.1, 0.15) is 0 Å². The van der Waals surface area contributed by atoms with Gasteiger partial charge in [-0.3, -0.25) is 0 Å². The summed E-state index contributed by atoms with van der Waals surface area (Å²) in [7, 11) is 0. The highest BCUT2D eigenvalue weighted by molar-refractivity contribution is 5.01. The molecular formula is C10H18. The van der Waals surface area contributed by atoms with Crippen molar-refractivity contribution in [1.29, 1.82) is 0 Å². The Hall–Kier alpha value is -0.520. The van der Waals surface area contributed by atoms with Gasteiger partial charge in [0.25, 0.3) is 0 Å². The summed E-state index contributed by atoms with van der Waals surface area (Å²) in [6.07, 6.45) is 9.01. The number of hydrogen-bond donors (Lipinski definition) is 0. The second-order valence-corrected chi connectivity index (χ2v) is 2.58. The highest BCUT2D eigenvalue weighted by Crippen LogP contribution is 2.06. The first-order valence-electron chi connectivity index (χ1n) is 4.12. The van der Waals surface area contributed by atoms with Gasteiger partial charge in [-0.1, -0.05) is 44.6 Å². The molecule has 58 valence electrons. The Morgan fingerprint density at radius 1 is 1.30 bits per heavy atom. The van der Waals surface area contributed by atoms with Crippen LogP contribution in [0.5, 0.6) is 0 Å². The minimum Gasteiger partial charge on any atom is -0.0995 e. The Bertz CT molecular complexity index is 109. The van der Waals surface area contributed by atoms with E-state index >= 15 is 0 Å². The van der Waals surface area contributed by atoms with E-state index in [0.717, 1.165) is 12.8 Å². The molecule has 0 aliphatic carbocycles. The fourth-order valence-electron chi connectivity index (χ4n) is 0.872. The summed E-state index contributed by atoms with van der Waals surface area (Å²) < 4.78 is 0. The number of hydrogen-bond acceptors (Lipinski definition) is 0. The van der Waals surface area contributed by atoms with E-state index in [4.69, 9.17) is 0 Å². The molecule has 0 saturated carbocycles. The molecule has 0 heterocycles. The van der Waals surface area contributed by atoms with Crippen LogP contribution in [0.3, 0.4) is 0 Å². The van der Waals surface area contributed by atoms with Crippen LogP contribution in [0.15, 0.2) is 24.3 Å². The molecular weight excluding hydrogens is 120 g/mol. The van der Waals surface area contributed by atoms with Crippen molar-refractivity contribution in [3.05, 3.63) is 24.3 Å². The lowest BCUT2D eigenvalue weighted by atomic mass is 10.1. The van der Waals surface area contributed by atoms with E-state index in [2.05, 4.69) is 32.6 Å². The molecule has 0 aromatic heterocycles. The molecule has 0 atom stereocenters. The smallest absolute Gasteiger partial charge is 0.0142 e. The molecule has 0 bridgehead atoms. The molecule has 0 N–H and O–H groups in total. The predicted octanol–water partition coefficient (Wildman–Crippen LogP) is 3.70. The molecule has 0 rings (SSSR count). The Morgan fingerprint density at radius 2 is 2.00 bits per heavy atom. The van der Waals surface area contributed by atoms with Crippen molar-refractivity contribution in [3.63, 3.8) is 0 Å². The van der Waals surface area contributed by atoms with Crippen LogP contribution in [0.2, 0.25) is 0 Å². The van der Waals surface area contributed by atoms with E-state index in [1.165, 1.54) is 18.4 Å². The minimum absolute atomic E-state index is 1.07. The second-order valence-electron chi connectivity index (χ2n) is 2.58. The molecule has 10 heavy (non-hydrogen) atoms. The Balaban J connectivity index is 3.30. The van der Waals surface area contributed by atoms with Crippen molar-refractivity contribution < 1.29 is 0 Å². The molecule has 0 spiro atoms. The van der Waals surface area contributed by atoms with Crippen LogP contribution in [-0.4, -0.2) is 0 Å². The van der Waals surface area contributed by atoms with Gasteiger partial charge in [-0.25, -0.2) is 0 Å². The molecule has 0 unspecified atom stereocenters. The third-order valence-electron chi connectivity index (χ3n) is 1.41. The Kier molecular flexibility index (Phi) is 6.25. The van der Waals surface area contributed by atoms with Crippen molar-refractivity contribution >= 4 is 0 Å². The fourth-order valence-corrected chi connectivity index (χ4v) is 0.872. The second kappa shape index (κ2) is 6.60. The van der Waals surface area contributed by atoms with Gasteiger partial charge in [-0.05, 0) is 19.3 Å². The van der Waals surface area contributed by atoms with Crippen LogP contribution in [-0.2, 0) is 0 Å². The molecule has 0 heteroatoms. The first kappa shape index (κ1) is 9.48. The van der Waals surface area contributed by atoms with Gasteiger partial charge < -0.3 is 0 Å². The average molecular weight is 138 g/mol. The van der Waals surface area contributed by atoms with Crippen molar-refractivity contribution in [2.24, 2.45) is 0 Å². The Labute approximate surface area is 64.6 Å². The van der Waals surface area contributed by atoms with Gasteiger partial charge in [-0.2, -0.15) is 0 Å². The van der Waals surface area contributed by atoms with Gasteiger partial charge >= 0.3 is 0 Å². The van der Waals surface area contributed by atoms with Crippen LogP contribution in [0.4, 0.5) is 0 Å². The quantitative estimate of drug-likeness (QED) is 0.508. The van der Waals surface area contributed by atoms with Gasteiger partial charge in [-0.15, -0.1) is 0 Å². The maximum absolute atomic E-state index is 3.96. The van der Waals surface area contributed by atoms with E-state index in [1.54, 1.807) is 0 Å². The molecule has 0 aromatic carbocycles. The first-order valence-corrected chi connectivity index (χ1v) is 4.12. The van der Waals surface area contributed by atoms with Crippen LogP contribution >= 0.6 is 0 Å². The van der Waals surface area contributed by atoms with E-state index in [9.17, 15) is 0 Å². The van der Waals surface area contributed by atoms with Crippen LogP contribution in [0.25, 0.3) is 0 Å². The SMILES string of the molecule is C=C(CC=CCC)CCC. The Morgan fingerprint density at radius 3 is 2.50 bits per heavy atom. The molecule has 0 saturated heterocycles. The van der Waals surface area contributed by atoms with Crippen LogP contribution in [0, 0.1) is 0 Å².